The fraction of sp³-hybridized carbons (Fsp3) is 0.500. The van der Waals surface area contributed by atoms with Crippen molar-refractivity contribution < 1.29 is 9.47 Å². The highest BCUT2D eigenvalue weighted by Crippen LogP contribution is 2.34. The molecule has 0 spiro atoms. The number of rotatable bonds is 6. The van der Waals surface area contributed by atoms with E-state index < -0.39 is 0 Å². The molecule has 1 N–H and O–H groups in total. The lowest BCUT2D eigenvalue weighted by atomic mass is 10.2. The molecule has 0 fully saturated rings. The van der Waals surface area contributed by atoms with Gasteiger partial charge >= 0.3 is 0 Å². The number of benzene rings is 1. The Hall–Kier alpha value is -0.260. The van der Waals surface area contributed by atoms with Crippen LogP contribution in [0.15, 0.2) is 21.1 Å². The monoisotopic (exact) mass is 365 g/mol. The van der Waals surface area contributed by atoms with Crippen LogP contribution >= 0.6 is 31.9 Å². The third kappa shape index (κ3) is 4.48. The maximum absolute atomic E-state index is 5.27. The van der Waals surface area contributed by atoms with Gasteiger partial charge in [-0.25, -0.2) is 0 Å². The van der Waals surface area contributed by atoms with Gasteiger partial charge in [0.05, 0.1) is 17.3 Å². The summed E-state index contributed by atoms with van der Waals surface area (Å²) in [7, 11) is 3.37. The van der Waals surface area contributed by atoms with Crippen molar-refractivity contribution in [1.82, 2.24) is 0 Å². The molecule has 96 valence electrons. The molecule has 1 atom stereocenters. The Morgan fingerprint density at radius 3 is 2.53 bits per heavy atom. The zero-order valence-electron chi connectivity index (χ0n) is 10.2. The molecule has 1 aromatic rings. The van der Waals surface area contributed by atoms with Crippen LogP contribution in [0, 0.1) is 0 Å². The van der Waals surface area contributed by atoms with Crippen LogP contribution < -0.4 is 10.1 Å². The molecule has 0 bridgehead atoms. The number of hydrogen-bond acceptors (Lipinski definition) is 3. The fourth-order valence-electron chi connectivity index (χ4n) is 1.43. The first-order chi connectivity index (χ1) is 8.08. The third-order valence-electron chi connectivity index (χ3n) is 2.40. The summed E-state index contributed by atoms with van der Waals surface area (Å²) in [4.78, 5) is 0. The summed E-state index contributed by atoms with van der Waals surface area (Å²) in [6.45, 7) is 2.87. The van der Waals surface area contributed by atoms with E-state index in [9.17, 15) is 0 Å². The lowest BCUT2D eigenvalue weighted by molar-refractivity contribution is 0.191. The summed E-state index contributed by atoms with van der Waals surface area (Å²) in [5.41, 5.74) is 1.02. The Bertz CT molecular complexity index is 372. The zero-order chi connectivity index (χ0) is 12.8. The number of anilines is 1. The molecule has 0 saturated heterocycles. The van der Waals surface area contributed by atoms with Gasteiger partial charge in [-0.3, -0.25) is 0 Å². The molecular formula is C12H17Br2NO2. The molecule has 1 rings (SSSR count). The maximum Gasteiger partial charge on any atom is 0.135 e. The number of hydrogen-bond donors (Lipinski definition) is 1. The van der Waals surface area contributed by atoms with Gasteiger partial charge in [0.15, 0.2) is 0 Å². The Morgan fingerprint density at radius 1 is 1.24 bits per heavy atom. The number of nitrogens with one attached hydrogen (secondary N) is 1. The Balaban J connectivity index is 2.76. The van der Waals surface area contributed by atoms with E-state index in [1.54, 1.807) is 14.2 Å². The summed E-state index contributed by atoms with van der Waals surface area (Å²) < 4.78 is 12.3. The third-order valence-corrected chi connectivity index (χ3v) is 3.67. The second-order valence-electron chi connectivity index (χ2n) is 3.79. The average Bonchev–Trinajstić information content (AvgIpc) is 2.30. The molecule has 1 unspecified atom stereocenters. The minimum atomic E-state index is 0.345. The first-order valence-electron chi connectivity index (χ1n) is 5.37. The maximum atomic E-state index is 5.27. The predicted octanol–water partition coefficient (Wildman–Crippen LogP) is 4.06. The van der Waals surface area contributed by atoms with Crippen molar-refractivity contribution in [1.29, 1.82) is 0 Å². The molecular weight excluding hydrogens is 350 g/mol. The minimum absolute atomic E-state index is 0.345. The van der Waals surface area contributed by atoms with Gasteiger partial charge in [-0.15, -0.1) is 0 Å². The zero-order valence-corrected chi connectivity index (χ0v) is 13.4. The van der Waals surface area contributed by atoms with Crippen molar-refractivity contribution in [3.05, 3.63) is 21.1 Å². The molecule has 0 aliphatic heterocycles. The predicted molar refractivity (Wildman–Crippen MR) is 78.0 cm³/mol. The smallest absolute Gasteiger partial charge is 0.135 e. The standard InChI is InChI=1S/C12H17Br2NO2/c1-8(4-5-16-2)15-11-7-12(17-3)10(14)6-9(11)13/h6-8,15H,4-5H2,1-3H3. The van der Waals surface area contributed by atoms with E-state index in [2.05, 4.69) is 44.1 Å². The fourth-order valence-corrected chi connectivity index (χ4v) is 2.70. The van der Waals surface area contributed by atoms with Crippen LogP contribution in [0.2, 0.25) is 0 Å². The van der Waals surface area contributed by atoms with E-state index in [-0.39, 0.29) is 0 Å². The summed E-state index contributed by atoms with van der Waals surface area (Å²) in [6.07, 6.45) is 0.960. The van der Waals surface area contributed by atoms with E-state index in [0.29, 0.717) is 6.04 Å². The van der Waals surface area contributed by atoms with Crippen LogP contribution in [-0.4, -0.2) is 26.9 Å². The molecule has 0 radical (unpaired) electrons. The number of halogens is 2. The molecule has 0 amide bonds. The minimum Gasteiger partial charge on any atom is -0.495 e. The summed E-state index contributed by atoms with van der Waals surface area (Å²) in [5.74, 6) is 0.814. The van der Waals surface area contributed by atoms with Crippen molar-refractivity contribution in [2.75, 3.05) is 26.1 Å². The van der Waals surface area contributed by atoms with Crippen molar-refractivity contribution >= 4 is 37.5 Å². The van der Waals surface area contributed by atoms with Gasteiger partial charge in [0.1, 0.15) is 5.75 Å². The van der Waals surface area contributed by atoms with E-state index in [0.717, 1.165) is 33.4 Å². The molecule has 0 aliphatic carbocycles. The highest BCUT2D eigenvalue weighted by atomic mass is 79.9. The lowest BCUT2D eigenvalue weighted by Crippen LogP contribution is -2.17. The second kappa shape index (κ2) is 7.24. The highest BCUT2D eigenvalue weighted by molar-refractivity contribution is 9.11. The molecule has 0 saturated carbocycles. The molecule has 0 aromatic heterocycles. The quantitative estimate of drug-likeness (QED) is 0.823. The lowest BCUT2D eigenvalue weighted by Gasteiger charge is -2.17. The van der Waals surface area contributed by atoms with Crippen molar-refractivity contribution in [2.45, 2.75) is 19.4 Å². The van der Waals surface area contributed by atoms with E-state index in [1.165, 1.54) is 0 Å². The highest BCUT2D eigenvalue weighted by Gasteiger charge is 2.09. The van der Waals surface area contributed by atoms with Crippen molar-refractivity contribution in [3.63, 3.8) is 0 Å². The topological polar surface area (TPSA) is 30.5 Å². The van der Waals surface area contributed by atoms with Gasteiger partial charge in [0, 0.05) is 30.3 Å². The van der Waals surface area contributed by atoms with Crippen LogP contribution in [-0.2, 0) is 4.74 Å². The molecule has 17 heavy (non-hydrogen) atoms. The van der Waals surface area contributed by atoms with Gasteiger partial charge in [-0.2, -0.15) is 0 Å². The van der Waals surface area contributed by atoms with Gasteiger partial charge in [-0.1, -0.05) is 0 Å². The van der Waals surface area contributed by atoms with Crippen LogP contribution in [0.4, 0.5) is 5.69 Å². The number of methoxy groups -OCH3 is 2. The first kappa shape index (κ1) is 14.8. The summed E-state index contributed by atoms with van der Waals surface area (Å²) >= 11 is 6.97. The normalized spacial score (nSPS) is 12.3. The van der Waals surface area contributed by atoms with Gasteiger partial charge in [0.25, 0.3) is 0 Å². The van der Waals surface area contributed by atoms with Gasteiger partial charge in [0.2, 0.25) is 0 Å². The largest absolute Gasteiger partial charge is 0.495 e. The number of ether oxygens (including phenoxy) is 2. The first-order valence-corrected chi connectivity index (χ1v) is 6.95. The van der Waals surface area contributed by atoms with Crippen LogP contribution in [0.25, 0.3) is 0 Å². The Labute approximate surface area is 119 Å². The average molecular weight is 367 g/mol. The van der Waals surface area contributed by atoms with E-state index in [1.807, 2.05) is 12.1 Å². The molecule has 1 aromatic carbocycles. The Kier molecular flexibility index (Phi) is 6.30. The van der Waals surface area contributed by atoms with Crippen LogP contribution in [0.3, 0.4) is 0 Å². The van der Waals surface area contributed by atoms with E-state index >= 15 is 0 Å². The molecule has 3 nitrogen and oxygen atoms in total. The molecule has 0 heterocycles. The van der Waals surface area contributed by atoms with Gasteiger partial charge < -0.3 is 14.8 Å². The van der Waals surface area contributed by atoms with E-state index in [4.69, 9.17) is 9.47 Å². The Morgan fingerprint density at radius 2 is 1.94 bits per heavy atom. The SMILES string of the molecule is COCCC(C)Nc1cc(OC)c(Br)cc1Br. The summed E-state index contributed by atoms with van der Waals surface area (Å²) in [6, 6.07) is 4.29. The molecule has 0 aliphatic rings. The van der Waals surface area contributed by atoms with Crippen molar-refractivity contribution in [2.24, 2.45) is 0 Å². The molecule has 5 heteroatoms. The summed E-state index contributed by atoms with van der Waals surface area (Å²) in [5, 5.41) is 3.42. The van der Waals surface area contributed by atoms with Crippen LogP contribution in [0.5, 0.6) is 5.75 Å². The van der Waals surface area contributed by atoms with Crippen molar-refractivity contribution in [3.8, 4) is 5.75 Å². The second-order valence-corrected chi connectivity index (χ2v) is 5.50. The van der Waals surface area contributed by atoms with Gasteiger partial charge in [-0.05, 0) is 51.3 Å². The van der Waals surface area contributed by atoms with Crippen LogP contribution in [0.1, 0.15) is 13.3 Å².